The monoisotopic (exact) mass is 421 g/mol. The van der Waals surface area contributed by atoms with Gasteiger partial charge < -0.3 is 14.5 Å². The van der Waals surface area contributed by atoms with Gasteiger partial charge in [-0.25, -0.2) is 12.8 Å². The summed E-state index contributed by atoms with van der Waals surface area (Å²) < 4.78 is 46.1. The summed E-state index contributed by atoms with van der Waals surface area (Å²) in [6.07, 6.45) is 1.74. The minimum absolute atomic E-state index is 0.194. The van der Waals surface area contributed by atoms with E-state index in [4.69, 9.17) is 4.74 Å². The topological polar surface area (TPSA) is 78.9 Å². The first-order chi connectivity index (χ1) is 14.0. The van der Waals surface area contributed by atoms with Crippen molar-refractivity contribution in [2.24, 2.45) is 0 Å². The summed E-state index contributed by atoms with van der Waals surface area (Å²) in [6.45, 7) is 4.70. The maximum atomic E-state index is 13.8. The number of ether oxygens (including phenoxy) is 1. The van der Waals surface area contributed by atoms with Crippen molar-refractivity contribution in [2.75, 3.05) is 62.3 Å². The highest BCUT2D eigenvalue weighted by molar-refractivity contribution is 7.88. The van der Waals surface area contributed by atoms with Crippen molar-refractivity contribution in [1.29, 1.82) is 0 Å². The molecule has 2 aliphatic rings. The van der Waals surface area contributed by atoms with Crippen LogP contribution in [0.15, 0.2) is 36.5 Å². The Labute approximate surface area is 169 Å². The first kappa shape index (κ1) is 20.0. The SMILES string of the molecule is O=S(=O)(Cc1ccccc1F)N1CCN(c2cc(N3CCOCC3)cnn2)CC1. The lowest BCUT2D eigenvalue weighted by Gasteiger charge is -2.35. The second kappa shape index (κ2) is 8.60. The Kier molecular flexibility index (Phi) is 5.93. The molecule has 0 spiro atoms. The Balaban J connectivity index is 1.40. The molecule has 0 saturated carbocycles. The molecular weight excluding hydrogens is 397 g/mol. The van der Waals surface area contributed by atoms with Crippen molar-refractivity contribution in [3.05, 3.63) is 47.9 Å². The van der Waals surface area contributed by atoms with Crippen LogP contribution in [0.3, 0.4) is 0 Å². The van der Waals surface area contributed by atoms with Gasteiger partial charge in [0.15, 0.2) is 5.82 Å². The van der Waals surface area contributed by atoms with Crippen LogP contribution in [0.5, 0.6) is 0 Å². The van der Waals surface area contributed by atoms with Gasteiger partial charge in [0.05, 0.1) is 30.9 Å². The molecule has 4 rings (SSSR count). The molecule has 2 fully saturated rings. The summed E-state index contributed by atoms with van der Waals surface area (Å²) in [6, 6.07) is 7.98. The van der Waals surface area contributed by atoms with E-state index in [2.05, 4.69) is 15.1 Å². The van der Waals surface area contributed by atoms with Crippen molar-refractivity contribution in [3.63, 3.8) is 0 Å². The molecule has 0 unspecified atom stereocenters. The zero-order chi connectivity index (χ0) is 20.3. The lowest BCUT2D eigenvalue weighted by Crippen LogP contribution is -2.49. The molecule has 0 N–H and O–H groups in total. The summed E-state index contributed by atoms with van der Waals surface area (Å²) >= 11 is 0. The van der Waals surface area contributed by atoms with Crippen molar-refractivity contribution >= 4 is 21.5 Å². The average Bonchev–Trinajstić information content (AvgIpc) is 2.76. The van der Waals surface area contributed by atoms with E-state index in [9.17, 15) is 12.8 Å². The summed E-state index contributed by atoms with van der Waals surface area (Å²) in [5.74, 6) is -0.0866. The molecule has 2 saturated heterocycles. The molecule has 1 aromatic heterocycles. The van der Waals surface area contributed by atoms with E-state index in [1.807, 2.05) is 11.0 Å². The van der Waals surface area contributed by atoms with Crippen LogP contribution in [0.4, 0.5) is 15.9 Å². The Morgan fingerprint density at radius 3 is 2.45 bits per heavy atom. The highest BCUT2D eigenvalue weighted by atomic mass is 32.2. The van der Waals surface area contributed by atoms with Crippen LogP contribution in [-0.2, 0) is 20.5 Å². The molecule has 0 atom stereocenters. The standard InChI is InChI=1S/C19H24FN5O3S/c20-18-4-2-1-3-16(18)15-29(26,27)25-7-5-24(6-8-25)19-13-17(14-21-22-19)23-9-11-28-12-10-23/h1-4,13-14H,5-12,15H2. The van der Waals surface area contributed by atoms with Crippen LogP contribution in [0, 0.1) is 5.82 Å². The molecule has 0 amide bonds. The van der Waals surface area contributed by atoms with Gasteiger partial charge in [0, 0.05) is 50.9 Å². The Morgan fingerprint density at radius 1 is 1.00 bits per heavy atom. The lowest BCUT2D eigenvalue weighted by atomic mass is 10.2. The molecule has 3 heterocycles. The number of anilines is 2. The first-order valence-corrected chi connectivity index (χ1v) is 11.3. The van der Waals surface area contributed by atoms with Crippen LogP contribution >= 0.6 is 0 Å². The number of nitrogens with zero attached hydrogens (tertiary/aromatic N) is 5. The molecule has 8 nitrogen and oxygen atoms in total. The van der Waals surface area contributed by atoms with Crippen LogP contribution in [0.25, 0.3) is 0 Å². The van der Waals surface area contributed by atoms with Crippen molar-refractivity contribution < 1.29 is 17.5 Å². The summed E-state index contributed by atoms with van der Waals surface area (Å²) in [5.41, 5.74) is 1.19. The fraction of sp³-hybridized carbons (Fsp3) is 0.474. The van der Waals surface area contributed by atoms with Crippen molar-refractivity contribution in [2.45, 2.75) is 5.75 Å². The van der Waals surface area contributed by atoms with Gasteiger partial charge in [-0.05, 0) is 6.07 Å². The second-order valence-electron chi connectivity index (χ2n) is 7.11. The summed E-state index contributed by atoms with van der Waals surface area (Å²) in [7, 11) is -3.58. The van der Waals surface area contributed by atoms with E-state index in [1.54, 1.807) is 18.3 Å². The number of piperazine rings is 1. The first-order valence-electron chi connectivity index (χ1n) is 9.64. The fourth-order valence-corrected chi connectivity index (χ4v) is 5.12. The van der Waals surface area contributed by atoms with Gasteiger partial charge in [0.2, 0.25) is 10.0 Å². The van der Waals surface area contributed by atoms with E-state index in [1.165, 1.54) is 16.4 Å². The van der Waals surface area contributed by atoms with Gasteiger partial charge in [-0.2, -0.15) is 9.40 Å². The average molecular weight is 421 g/mol. The van der Waals surface area contributed by atoms with Gasteiger partial charge in [-0.3, -0.25) is 0 Å². The van der Waals surface area contributed by atoms with Gasteiger partial charge in [-0.1, -0.05) is 18.2 Å². The predicted octanol–water partition coefficient (Wildman–Crippen LogP) is 1.10. The number of halogens is 1. The molecule has 10 heteroatoms. The van der Waals surface area contributed by atoms with Gasteiger partial charge >= 0.3 is 0 Å². The fourth-order valence-electron chi connectivity index (χ4n) is 3.59. The van der Waals surface area contributed by atoms with Crippen LogP contribution < -0.4 is 9.80 Å². The predicted molar refractivity (Wildman–Crippen MR) is 108 cm³/mol. The normalized spacial score (nSPS) is 18.8. The molecule has 29 heavy (non-hydrogen) atoms. The number of sulfonamides is 1. The minimum atomic E-state index is -3.58. The van der Waals surface area contributed by atoms with Crippen LogP contribution in [-0.4, -0.2) is 75.4 Å². The third-order valence-corrected chi connectivity index (χ3v) is 7.08. The molecule has 2 aromatic rings. The van der Waals surface area contributed by atoms with E-state index < -0.39 is 15.8 Å². The number of hydrogen-bond acceptors (Lipinski definition) is 7. The maximum Gasteiger partial charge on any atom is 0.218 e. The maximum absolute atomic E-state index is 13.8. The zero-order valence-electron chi connectivity index (χ0n) is 16.1. The summed E-state index contributed by atoms with van der Waals surface area (Å²) in [4.78, 5) is 4.24. The molecular formula is C19H24FN5O3S. The minimum Gasteiger partial charge on any atom is -0.378 e. The number of hydrogen-bond donors (Lipinski definition) is 0. The highest BCUT2D eigenvalue weighted by Crippen LogP contribution is 2.22. The largest absolute Gasteiger partial charge is 0.378 e. The van der Waals surface area contributed by atoms with E-state index >= 15 is 0 Å². The highest BCUT2D eigenvalue weighted by Gasteiger charge is 2.28. The zero-order valence-corrected chi connectivity index (χ0v) is 16.9. The molecule has 1 aromatic carbocycles. The molecule has 2 aliphatic heterocycles. The van der Waals surface area contributed by atoms with Gasteiger partial charge in [0.1, 0.15) is 5.82 Å². The molecule has 0 bridgehead atoms. The Bertz CT molecular complexity index is 944. The van der Waals surface area contributed by atoms with Gasteiger partial charge in [0.25, 0.3) is 0 Å². The number of aromatic nitrogens is 2. The Hall–Kier alpha value is -2.30. The van der Waals surface area contributed by atoms with E-state index in [0.29, 0.717) is 39.4 Å². The third kappa shape index (κ3) is 4.65. The number of rotatable bonds is 5. The third-order valence-electron chi connectivity index (χ3n) is 5.26. The molecule has 156 valence electrons. The molecule has 0 aliphatic carbocycles. The second-order valence-corrected chi connectivity index (χ2v) is 9.07. The van der Waals surface area contributed by atoms with Crippen molar-refractivity contribution in [3.8, 4) is 0 Å². The summed E-state index contributed by atoms with van der Waals surface area (Å²) in [5, 5.41) is 8.35. The smallest absolute Gasteiger partial charge is 0.218 e. The van der Waals surface area contributed by atoms with Crippen LogP contribution in [0.2, 0.25) is 0 Å². The van der Waals surface area contributed by atoms with E-state index in [-0.39, 0.29) is 11.3 Å². The van der Waals surface area contributed by atoms with E-state index in [0.717, 1.165) is 24.6 Å². The number of benzene rings is 1. The van der Waals surface area contributed by atoms with Crippen molar-refractivity contribution in [1.82, 2.24) is 14.5 Å². The quantitative estimate of drug-likeness (QED) is 0.715. The van der Waals surface area contributed by atoms with Gasteiger partial charge in [-0.15, -0.1) is 5.10 Å². The molecule has 0 radical (unpaired) electrons. The Morgan fingerprint density at radius 2 is 1.72 bits per heavy atom. The lowest BCUT2D eigenvalue weighted by molar-refractivity contribution is 0.122. The number of morpholine rings is 1. The van der Waals surface area contributed by atoms with Crippen LogP contribution in [0.1, 0.15) is 5.56 Å².